The molecule has 2 rings (SSSR count). The second-order valence-electron chi connectivity index (χ2n) is 3.90. The average molecular weight is 231 g/mol. The summed E-state index contributed by atoms with van der Waals surface area (Å²) in [5.74, 6) is 0.158. The first-order valence-electron chi connectivity index (χ1n) is 5.24. The normalized spacial score (nSPS) is 15.8. The van der Waals surface area contributed by atoms with Crippen LogP contribution in [0.15, 0.2) is 29.8 Å². The van der Waals surface area contributed by atoms with Gasteiger partial charge in [-0.2, -0.15) is 0 Å². The number of amides is 2. The van der Waals surface area contributed by atoms with Crippen LogP contribution in [0.2, 0.25) is 0 Å². The monoisotopic (exact) mass is 231 g/mol. The van der Waals surface area contributed by atoms with Crippen molar-refractivity contribution in [3.8, 4) is 5.75 Å². The quantitative estimate of drug-likeness (QED) is 0.724. The van der Waals surface area contributed by atoms with Gasteiger partial charge in [-0.1, -0.05) is 12.1 Å². The predicted molar refractivity (Wildman–Crippen MR) is 63.4 cm³/mol. The minimum atomic E-state index is -0.263. The topological polar surface area (TPSA) is 46.6 Å². The lowest BCUT2D eigenvalue weighted by Gasteiger charge is -2.07. The molecular formula is C13H13NO3. The van der Waals surface area contributed by atoms with Crippen LogP contribution in [0.25, 0.3) is 5.57 Å². The molecule has 0 fully saturated rings. The fourth-order valence-corrected chi connectivity index (χ4v) is 1.90. The molecule has 0 saturated heterocycles. The van der Waals surface area contributed by atoms with Gasteiger partial charge in [0, 0.05) is 12.6 Å². The number of hydrogen-bond acceptors (Lipinski definition) is 3. The zero-order chi connectivity index (χ0) is 12.6. The molecule has 4 nitrogen and oxygen atoms in total. The Kier molecular flexibility index (Phi) is 2.71. The number of imide groups is 1. The first-order chi connectivity index (χ1) is 8.06. The molecule has 1 aliphatic rings. The fourth-order valence-electron chi connectivity index (χ4n) is 1.90. The van der Waals surface area contributed by atoms with Gasteiger partial charge >= 0.3 is 0 Å². The van der Waals surface area contributed by atoms with Crippen LogP contribution < -0.4 is 4.74 Å². The maximum Gasteiger partial charge on any atom is 0.261 e. The molecule has 88 valence electrons. The Balaban J connectivity index is 2.53. The van der Waals surface area contributed by atoms with Gasteiger partial charge in [-0.25, -0.2) is 0 Å². The zero-order valence-corrected chi connectivity index (χ0v) is 9.98. The average Bonchev–Trinajstić information content (AvgIpc) is 2.54. The highest BCUT2D eigenvalue weighted by Gasteiger charge is 2.33. The van der Waals surface area contributed by atoms with Gasteiger partial charge in [0.15, 0.2) is 0 Å². The summed E-state index contributed by atoms with van der Waals surface area (Å²) in [6, 6.07) is 7.14. The van der Waals surface area contributed by atoms with Crippen LogP contribution in [0, 0.1) is 0 Å². The number of likely N-dealkylation sites (N-methyl/N-ethyl adjacent to an activating group) is 1. The molecular weight excluding hydrogens is 218 g/mol. The van der Waals surface area contributed by atoms with Gasteiger partial charge in [0.25, 0.3) is 11.8 Å². The Hall–Kier alpha value is -2.10. The highest BCUT2D eigenvalue weighted by atomic mass is 16.5. The third kappa shape index (κ3) is 1.71. The molecule has 0 bridgehead atoms. The number of methoxy groups -OCH3 is 1. The SMILES string of the molecule is COc1cccc(C2=C(C)C(=O)N(C)C2=O)c1. The predicted octanol–water partition coefficient (Wildman–Crippen LogP) is 1.47. The molecule has 1 aromatic rings. The Bertz CT molecular complexity index is 531. The molecule has 0 saturated carbocycles. The lowest BCUT2D eigenvalue weighted by molar-refractivity contribution is -0.135. The van der Waals surface area contributed by atoms with E-state index in [2.05, 4.69) is 0 Å². The largest absolute Gasteiger partial charge is 0.497 e. The lowest BCUT2D eigenvalue weighted by Crippen LogP contribution is -2.26. The maximum atomic E-state index is 11.9. The Morgan fingerprint density at radius 1 is 1.18 bits per heavy atom. The van der Waals surface area contributed by atoms with Crippen LogP contribution in [0.5, 0.6) is 5.75 Å². The highest BCUT2D eigenvalue weighted by molar-refractivity contribution is 6.35. The van der Waals surface area contributed by atoms with Crippen LogP contribution in [-0.2, 0) is 9.59 Å². The van der Waals surface area contributed by atoms with E-state index in [-0.39, 0.29) is 11.8 Å². The van der Waals surface area contributed by atoms with Gasteiger partial charge in [0.2, 0.25) is 0 Å². The van der Waals surface area contributed by atoms with Crippen molar-refractivity contribution in [2.24, 2.45) is 0 Å². The third-order valence-electron chi connectivity index (χ3n) is 2.88. The van der Waals surface area contributed by atoms with E-state index < -0.39 is 0 Å². The number of ether oxygens (including phenoxy) is 1. The molecule has 0 atom stereocenters. The number of hydrogen-bond donors (Lipinski definition) is 0. The molecule has 0 radical (unpaired) electrons. The van der Waals surface area contributed by atoms with Crippen LogP contribution in [0.3, 0.4) is 0 Å². The highest BCUT2D eigenvalue weighted by Crippen LogP contribution is 2.29. The third-order valence-corrected chi connectivity index (χ3v) is 2.88. The minimum Gasteiger partial charge on any atom is -0.497 e. The zero-order valence-electron chi connectivity index (χ0n) is 9.98. The van der Waals surface area contributed by atoms with Gasteiger partial charge < -0.3 is 4.74 Å². The van der Waals surface area contributed by atoms with Crippen LogP contribution in [0.4, 0.5) is 0 Å². The Labute approximate surface area is 99.5 Å². The number of carbonyl (C=O) groups excluding carboxylic acids is 2. The van der Waals surface area contributed by atoms with Crippen molar-refractivity contribution in [2.75, 3.05) is 14.2 Å². The van der Waals surface area contributed by atoms with Gasteiger partial charge in [-0.15, -0.1) is 0 Å². The van der Waals surface area contributed by atoms with Crippen molar-refractivity contribution in [2.45, 2.75) is 6.92 Å². The Morgan fingerprint density at radius 3 is 2.41 bits per heavy atom. The molecule has 0 aliphatic carbocycles. The van der Waals surface area contributed by atoms with Gasteiger partial charge in [0.1, 0.15) is 5.75 Å². The summed E-state index contributed by atoms with van der Waals surface area (Å²) in [5.41, 5.74) is 1.65. The van der Waals surface area contributed by atoms with Crippen molar-refractivity contribution in [3.63, 3.8) is 0 Å². The van der Waals surface area contributed by atoms with E-state index in [4.69, 9.17) is 4.74 Å². The fraction of sp³-hybridized carbons (Fsp3) is 0.231. The first-order valence-corrected chi connectivity index (χ1v) is 5.24. The molecule has 4 heteroatoms. The van der Waals surface area contributed by atoms with E-state index in [1.165, 1.54) is 7.05 Å². The minimum absolute atomic E-state index is 0.243. The summed E-state index contributed by atoms with van der Waals surface area (Å²) in [6.07, 6.45) is 0. The number of rotatable bonds is 2. The van der Waals surface area contributed by atoms with E-state index in [9.17, 15) is 9.59 Å². The summed E-state index contributed by atoms with van der Waals surface area (Å²) in [4.78, 5) is 24.7. The number of benzene rings is 1. The van der Waals surface area contributed by atoms with Crippen molar-refractivity contribution in [1.29, 1.82) is 0 Å². The summed E-state index contributed by atoms with van der Waals surface area (Å²) in [5, 5.41) is 0. The van der Waals surface area contributed by atoms with E-state index >= 15 is 0 Å². The second-order valence-corrected chi connectivity index (χ2v) is 3.90. The van der Waals surface area contributed by atoms with Crippen LogP contribution in [0.1, 0.15) is 12.5 Å². The molecule has 2 amide bonds. The molecule has 17 heavy (non-hydrogen) atoms. The first kappa shape index (κ1) is 11.4. The van der Waals surface area contributed by atoms with E-state index in [1.54, 1.807) is 38.3 Å². The molecule has 0 aromatic heterocycles. The van der Waals surface area contributed by atoms with Crippen molar-refractivity contribution >= 4 is 17.4 Å². The summed E-state index contributed by atoms with van der Waals surface area (Å²) < 4.78 is 5.11. The van der Waals surface area contributed by atoms with Crippen molar-refractivity contribution in [1.82, 2.24) is 4.90 Å². The van der Waals surface area contributed by atoms with Crippen molar-refractivity contribution in [3.05, 3.63) is 35.4 Å². The van der Waals surface area contributed by atoms with Gasteiger partial charge in [-0.05, 0) is 24.6 Å². The molecule has 0 N–H and O–H groups in total. The summed E-state index contributed by atoms with van der Waals surface area (Å²) >= 11 is 0. The standard InChI is InChI=1S/C13H13NO3/c1-8-11(13(16)14(2)12(8)15)9-5-4-6-10(7-9)17-3/h4-7H,1-3H3. The molecule has 0 spiro atoms. The smallest absolute Gasteiger partial charge is 0.261 e. The molecule has 0 unspecified atom stereocenters. The van der Waals surface area contributed by atoms with Crippen LogP contribution >= 0.6 is 0 Å². The number of nitrogens with zero attached hydrogens (tertiary/aromatic N) is 1. The number of carbonyl (C=O) groups is 2. The summed E-state index contributed by atoms with van der Waals surface area (Å²) in [6.45, 7) is 1.67. The van der Waals surface area contributed by atoms with Crippen molar-refractivity contribution < 1.29 is 14.3 Å². The Morgan fingerprint density at radius 2 is 1.88 bits per heavy atom. The molecule has 1 aliphatic heterocycles. The maximum absolute atomic E-state index is 11.9. The van der Waals surface area contributed by atoms with Gasteiger partial charge in [-0.3, -0.25) is 14.5 Å². The summed E-state index contributed by atoms with van der Waals surface area (Å²) in [7, 11) is 3.05. The molecule has 1 aromatic carbocycles. The van der Waals surface area contributed by atoms with E-state index in [0.29, 0.717) is 22.5 Å². The van der Waals surface area contributed by atoms with E-state index in [0.717, 1.165) is 4.90 Å². The molecule has 1 heterocycles. The van der Waals surface area contributed by atoms with E-state index in [1.807, 2.05) is 0 Å². The van der Waals surface area contributed by atoms with Crippen LogP contribution in [-0.4, -0.2) is 30.9 Å². The lowest BCUT2D eigenvalue weighted by atomic mass is 10.0. The van der Waals surface area contributed by atoms with Gasteiger partial charge in [0.05, 0.1) is 12.7 Å². The second kappa shape index (κ2) is 4.05.